The minimum atomic E-state index is -0.153. The van der Waals surface area contributed by atoms with Crippen LogP contribution in [0.1, 0.15) is 56.9 Å². The van der Waals surface area contributed by atoms with Gasteiger partial charge in [0.2, 0.25) is 0 Å². The van der Waals surface area contributed by atoms with Crippen LogP contribution in [0.5, 0.6) is 0 Å². The van der Waals surface area contributed by atoms with Crippen LogP contribution in [0.25, 0.3) is 23.3 Å². The monoisotopic (exact) mass is 768 g/mol. The lowest BCUT2D eigenvalue weighted by Gasteiger charge is -2.28. The van der Waals surface area contributed by atoms with Gasteiger partial charge in [0.1, 0.15) is 0 Å². The number of anilines is 5. The van der Waals surface area contributed by atoms with Crippen molar-refractivity contribution in [1.82, 2.24) is 0 Å². The lowest BCUT2D eigenvalue weighted by molar-refractivity contribution is 0.660. The van der Waals surface area contributed by atoms with Crippen molar-refractivity contribution in [2.45, 2.75) is 44.9 Å². The number of allylic oxidation sites excluding steroid dienone is 4. The molecule has 7 rings (SSSR count). The van der Waals surface area contributed by atoms with E-state index in [4.69, 9.17) is 0 Å². The fourth-order valence-corrected chi connectivity index (χ4v) is 7.00. The van der Waals surface area contributed by atoms with E-state index in [-0.39, 0.29) is 5.41 Å². The van der Waals surface area contributed by atoms with E-state index in [9.17, 15) is 0 Å². The first kappa shape index (κ1) is 38.1. The number of hydrogen-bond donors (Lipinski definition) is 0. The molecule has 0 fully saturated rings. The average Bonchev–Trinajstić information content (AvgIpc) is 3.42. The maximum Gasteiger partial charge on any atom is 0.0464 e. The molecule has 3 heteroatoms. The Balaban J connectivity index is 0.00000119. The summed E-state index contributed by atoms with van der Waals surface area (Å²) >= 11 is 3.27. The van der Waals surface area contributed by atoms with Crippen LogP contribution in [-0.2, 0) is 5.41 Å². The molecule has 270 valence electrons. The van der Waals surface area contributed by atoms with Crippen molar-refractivity contribution < 1.29 is 0 Å². The van der Waals surface area contributed by atoms with Gasteiger partial charge in [0, 0.05) is 44.4 Å². The Hall–Kier alpha value is -5.64. The molecule has 1 aliphatic rings. The summed E-state index contributed by atoms with van der Waals surface area (Å²) in [4.78, 5) is 5.25. The number of fused-ring (bicyclic) bond motifs is 3. The minimum Gasteiger partial charge on any atom is -0.311 e. The molecule has 54 heavy (non-hydrogen) atoms. The lowest BCUT2D eigenvalue weighted by Crippen LogP contribution is -2.18. The summed E-state index contributed by atoms with van der Waals surface area (Å²) in [5, 5.41) is 0. The van der Waals surface area contributed by atoms with Gasteiger partial charge in [-0.25, -0.2) is 0 Å². The maximum absolute atomic E-state index is 3.89. The van der Waals surface area contributed by atoms with Gasteiger partial charge in [-0.2, -0.15) is 0 Å². The van der Waals surface area contributed by atoms with Crippen LogP contribution in [0, 0.1) is 0 Å². The second-order valence-electron chi connectivity index (χ2n) is 14.1. The number of benzene rings is 6. The molecule has 0 radical (unpaired) electrons. The second kappa shape index (κ2) is 17.5. The van der Waals surface area contributed by atoms with E-state index in [1.807, 2.05) is 12.2 Å². The molecule has 0 amide bonds. The Morgan fingerprint density at radius 1 is 0.593 bits per heavy atom. The van der Waals surface area contributed by atoms with Gasteiger partial charge in [0.25, 0.3) is 0 Å². The third kappa shape index (κ3) is 8.59. The highest BCUT2D eigenvalue weighted by Crippen LogP contribution is 2.50. The highest BCUT2D eigenvalue weighted by Gasteiger charge is 2.36. The third-order valence-electron chi connectivity index (χ3n) is 9.56. The Morgan fingerprint density at radius 3 is 1.57 bits per heavy atom. The molecule has 0 atom stereocenters. The number of alkyl halides is 1. The number of para-hydroxylation sites is 3. The average molecular weight is 770 g/mol. The highest BCUT2D eigenvalue weighted by atomic mass is 79.9. The predicted octanol–water partition coefficient (Wildman–Crippen LogP) is 15.2. The van der Waals surface area contributed by atoms with E-state index in [0.717, 1.165) is 39.7 Å². The van der Waals surface area contributed by atoms with Crippen molar-refractivity contribution in [2.75, 3.05) is 9.80 Å². The molecule has 0 saturated carbocycles. The van der Waals surface area contributed by atoms with Crippen molar-refractivity contribution >= 4 is 56.5 Å². The zero-order valence-corrected chi connectivity index (χ0v) is 33.5. The van der Waals surface area contributed by atoms with Crippen molar-refractivity contribution in [2.24, 2.45) is 0 Å². The SMILES string of the molecule is C=C/C=C\C(=C/C)N(c1ccccc1)c1ccc2c(c1)C(C)(C)c1cc(/C=C/c3ccc(N(c4ccccc4)c4ccccc4)cc3)ccc1-2.CC(C)Br. The zero-order valence-electron chi connectivity index (χ0n) is 32.0. The van der Waals surface area contributed by atoms with Crippen molar-refractivity contribution in [3.63, 3.8) is 0 Å². The largest absolute Gasteiger partial charge is 0.311 e. The number of rotatable bonds is 10. The first-order chi connectivity index (χ1) is 26.2. The highest BCUT2D eigenvalue weighted by molar-refractivity contribution is 9.09. The van der Waals surface area contributed by atoms with E-state index in [0.29, 0.717) is 4.83 Å². The fraction of sp³-hybridized carbons (Fsp3) is 0.137. The summed E-state index contributed by atoms with van der Waals surface area (Å²) in [6, 6.07) is 54.2. The van der Waals surface area contributed by atoms with Gasteiger partial charge >= 0.3 is 0 Å². The summed E-state index contributed by atoms with van der Waals surface area (Å²) in [6.45, 7) is 14.8. The third-order valence-corrected chi connectivity index (χ3v) is 9.56. The summed E-state index contributed by atoms with van der Waals surface area (Å²) in [6.07, 6.45) is 12.5. The predicted molar refractivity (Wildman–Crippen MR) is 240 cm³/mol. The molecule has 0 heterocycles. The summed E-state index contributed by atoms with van der Waals surface area (Å²) in [5.74, 6) is 0. The van der Waals surface area contributed by atoms with Crippen LogP contribution < -0.4 is 9.80 Å². The van der Waals surface area contributed by atoms with Crippen molar-refractivity contribution in [1.29, 1.82) is 0 Å². The minimum absolute atomic E-state index is 0.153. The Kier molecular flexibility index (Phi) is 12.3. The molecular formula is C51H49BrN2. The summed E-state index contributed by atoms with van der Waals surface area (Å²) in [7, 11) is 0. The Labute approximate surface area is 331 Å². The Bertz CT molecular complexity index is 2200. The van der Waals surface area contributed by atoms with E-state index in [1.54, 1.807) is 0 Å². The summed E-state index contributed by atoms with van der Waals surface area (Å²) in [5.41, 5.74) is 14.3. The molecule has 0 aliphatic heterocycles. The van der Waals surface area contributed by atoms with Gasteiger partial charge in [0.05, 0.1) is 0 Å². The first-order valence-corrected chi connectivity index (χ1v) is 19.6. The van der Waals surface area contributed by atoms with Gasteiger partial charge in [-0.05, 0) is 107 Å². The van der Waals surface area contributed by atoms with E-state index in [2.05, 4.69) is 243 Å². The van der Waals surface area contributed by atoms with Crippen LogP contribution in [0.4, 0.5) is 28.4 Å². The number of nitrogens with zero attached hydrogens (tertiary/aromatic N) is 2. The van der Waals surface area contributed by atoms with Crippen molar-refractivity contribution in [3.05, 3.63) is 210 Å². The molecule has 0 bridgehead atoms. The fourth-order valence-electron chi connectivity index (χ4n) is 7.00. The second-order valence-corrected chi connectivity index (χ2v) is 15.9. The molecule has 0 saturated heterocycles. The molecule has 1 aliphatic carbocycles. The number of halogens is 1. The maximum atomic E-state index is 3.89. The lowest BCUT2D eigenvalue weighted by atomic mass is 9.81. The van der Waals surface area contributed by atoms with Gasteiger partial charge < -0.3 is 9.80 Å². The van der Waals surface area contributed by atoms with Crippen LogP contribution in [0.2, 0.25) is 0 Å². The quantitative estimate of drug-likeness (QED) is 0.0778. The van der Waals surface area contributed by atoms with Crippen LogP contribution in [0.3, 0.4) is 0 Å². The molecule has 2 nitrogen and oxygen atoms in total. The van der Waals surface area contributed by atoms with E-state index < -0.39 is 0 Å². The van der Waals surface area contributed by atoms with Gasteiger partial charge in [-0.3, -0.25) is 0 Å². The normalized spacial score (nSPS) is 13.0. The number of hydrogen-bond acceptors (Lipinski definition) is 2. The molecule has 0 N–H and O–H groups in total. The summed E-state index contributed by atoms with van der Waals surface area (Å²) < 4.78 is 0. The molecule has 0 spiro atoms. The zero-order chi connectivity index (χ0) is 38.1. The van der Waals surface area contributed by atoms with Gasteiger partial charge in [0.15, 0.2) is 0 Å². The smallest absolute Gasteiger partial charge is 0.0464 e. The molecular weight excluding hydrogens is 720 g/mol. The van der Waals surface area contributed by atoms with E-state index >= 15 is 0 Å². The molecule has 0 unspecified atom stereocenters. The molecule has 0 aromatic heterocycles. The standard InChI is InChI=1S/C48H42N2.C3H7Br/c1-5-7-17-38(6-2)49(39-18-11-8-12-19-39)43-31-33-45-44-32-28-37(34-46(44)48(3,4)47(45)35-43)25-24-36-26-29-42(30-27-36)50(40-20-13-9-14-21-40)41-22-15-10-16-23-41;1-3(2)4/h5-35H,1H2,2-4H3;3H,1-2H3/b17-7-,25-24+,38-6+;. The van der Waals surface area contributed by atoms with Gasteiger partial charge in [-0.15, -0.1) is 0 Å². The van der Waals surface area contributed by atoms with Crippen molar-refractivity contribution in [3.8, 4) is 11.1 Å². The topological polar surface area (TPSA) is 6.48 Å². The van der Waals surface area contributed by atoms with E-state index in [1.165, 1.54) is 27.8 Å². The van der Waals surface area contributed by atoms with Crippen LogP contribution in [0.15, 0.2) is 188 Å². The van der Waals surface area contributed by atoms with Gasteiger partial charge in [-0.1, -0.05) is 172 Å². The molecule has 6 aromatic carbocycles. The molecule has 6 aromatic rings. The van der Waals surface area contributed by atoms with Crippen LogP contribution in [-0.4, -0.2) is 4.83 Å². The Morgan fingerprint density at radius 2 is 1.04 bits per heavy atom. The first-order valence-electron chi connectivity index (χ1n) is 18.6. The van der Waals surface area contributed by atoms with Crippen LogP contribution >= 0.6 is 15.9 Å².